The van der Waals surface area contributed by atoms with E-state index in [-0.39, 0.29) is 11.4 Å². The molecule has 0 saturated heterocycles. The molecule has 0 aromatic heterocycles. The van der Waals surface area contributed by atoms with E-state index in [0.717, 1.165) is 37.0 Å². The summed E-state index contributed by atoms with van der Waals surface area (Å²) >= 11 is 0. The van der Waals surface area contributed by atoms with Crippen molar-refractivity contribution in [2.24, 2.45) is 5.41 Å². The maximum absolute atomic E-state index is 12.5. The Kier molecular flexibility index (Phi) is 4.59. The van der Waals surface area contributed by atoms with Gasteiger partial charge in [0.1, 0.15) is 0 Å². The standard InChI is InChI=1S/C16H19F3O2/c1-2-21-14(20)11-15(9-10-15)8-7-12-3-5-13(6-4-12)16(17,18)19/h3-6H,2,7-11H2,1H3. The van der Waals surface area contributed by atoms with Gasteiger partial charge in [0.05, 0.1) is 18.6 Å². The van der Waals surface area contributed by atoms with Gasteiger partial charge in [0.2, 0.25) is 0 Å². The van der Waals surface area contributed by atoms with Crippen LogP contribution >= 0.6 is 0 Å². The second-order valence-electron chi connectivity index (χ2n) is 5.68. The summed E-state index contributed by atoms with van der Waals surface area (Å²) in [4.78, 5) is 11.5. The summed E-state index contributed by atoms with van der Waals surface area (Å²) in [7, 11) is 0. The number of alkyl halides is 3. The Balaban J connectivity index is 1.87. The fourth-order valence-electron chi connectivity index (χ4n) is 2.48. The van der Waals surface area contributed by atoms with Gasteiger partial charge in [0.15, 0.2) is 0 Å². The third kappa shape index (κ3) is 4.48. The first-order valence-corrected chi connectivity index (χ1v) is 7.16. The minimum atomic E-state index is -4.29. The van der Waals surface area contributed by atoms with E-state index in [4.69, 9.17) is 4.74 Å². The monoisotopic (exact) mass is 300 g/mol. The second-order valence-corrected chi connectivity index (χ2v) is 5.68. The average molecular weight is 300 g/mol. The van der Waals surface area contributed by atoms with E-state index in [1.165, 1.54) is 12.1 Å². The SMILES string of the molecule is CCOC(=O)CC1(CCc2ccc(C(F)(F)F)cc2)CC1. The van der Waals surface area contributed by atoms with Crippen LogP contribution in [0, 0.1) is 5.41 Å². The Morgan fingerprint density at radius 2 is 1.86 bits per heavy atom. The van der Waals surface area contributed by atoms with Crippen molar-refractivity contribution >= 4 is 5.97 Å². The Bertz CT molecular complexity index is 487. The molecule has 116 valence electrons. The maximum Gasteiger partial charge on any atom is 0.416 e. The number of ether oxygens (including phenoxy) is 1. The number of carbonyl (C=O) groups excluding carboxylic acids is 1. The molecular formula is C16H19F3O2. The molecule has 0 spiro atoms. The first-order chi connectivity index (χ1) is 9.85. The summed E-state index contributed by atoms with van der Waals surface area (Å²) in [5.74, 6) is -0.178. The number of rotatable bonds is 6. The fourth-order valence-corrected chi connectivity index (χ4v) is 2.48. The van der Waals surface area contributed by atoms with Gasteiger partial charge in [-0.3, -0.25) is 4.79 Å². The number of hydrogen-bond donors (Lipinski definition) is 0. The van der Waals surface area contributed by atoms with Gasteiger partial charge in [-0.2, -0.15) is 13.2 Å². The minimum Gasteiger partial charge on any atom is -0.466 e. The largest absolute Gasteiger partial charge is 0.466 e. The summed E-state index contributed by atoms with van der Waals surface area (Å²) in [5.41, 5.74) is 0.256. The van der Waals surface area contributed by atoms with Crippen LogP contribution in [0.3, 0.4) is 0 Å². The zero-order chi connectivity index (χ0) is 15.5. The van der Waals surface area contributed by atoms with Crippen molar-refractivity contribution < 1.29 is 22.7 Å². The third-order valence-corrected chi connectivity index (χ3v) is 4.01. The molecule has 21 heavy (non-hydrogen) atoms. The predicted octanol–water partition coefficient (Wildman–Crippen LogP) is 4.37. The topological polar surface area (TPSA) is 26.3 Å². The third-order valence-electron chi connectivity index (χ3n) is 4.01. The first-order valence-electron chi connectivity index (χ1n) is 7.16. The number of benzene rings is 1. The van der Waals surface area contributed by atoms with Gasteiger partial charge in [0.25, 0.3) is 0 Å². The van der Waals surface area contributed by atoms with Gasteiger partial charge in [0, 0.05) is 0 Å². The fraction of sp³-hybridized carbons (Fsp3) is 0.562. The average Bonchev–Trinajstić information content (AvgIpc) is 3.16. The van der Waals surface area contributed by atoms with E-state index in [0.29, 0.717) is 19.4 Å². The molecule has 0 N–H and O–H groups in total. The molecule has 2 rings (SSSR count). The molecule has 0 radical (unpaired) electrons. The summed E-state index contributed by atoms with van der Waals surface area (Å²) in [6.07, 6.45) is -0.380. The van der Waals surface area contributed by atoms with Gasteiger partial charge in [-0.05, 0) is 55.7 Å². The van der Waals surface area contributed by atoms with Gasteiger partial charge in [-0.25, -0.2) is 0 Å². The highest BCUT2D eigenvalue weighted by molar-refractivity contribution is 5.70. The molecule has 1 saturated carbocycles. The lowest BCUT2D eigenvalue weighted by molar-refractivity contribution is -0.144. The molecule has 0 bridgehead atoms. The van der Waals surface area contributed by atoms with E-state index >= 15 is 0 Å². The van der Waals surface area contributed by atoms with Gasteiger partial charge in [-0.15, -0.1) is 0 Å². The zero-order valence-electron chi connectivity index (χ0n) is 12.0. The van der Waals surface area contributed by atoms with Crippen LogP contribution in [0.15, 0.2) is 24.3 Å². The summed E-state index contributed by atoms with van der Waals surface area (Å²) in [6, 6.07) is 5.26. The zero-order valence-corrected chi connectivity index (χ0v) is 12.0. The van der Waals surface area contributed by atoms with Crippen LogP contribution in [0.25, 0.3) is 0 Å². The van der Waals surface area contributed by atoms with Crippen LogP contribution in [0.2, 0.25) is 0 Å². The second kappa shape index (κ2) is 6.08. The number of halogens is 3. The van der Waals surface area contributed by atoms with Gasteiger partial charge < -0.3 is 4.74 Å². The summed E-state index contributed by atoms with van der Waals surface area (Å²) < 4.78 is 42.4. The molecule has 0 aliphatic heterocycles. The van der Waals surface area contributed by atoms with E-state index in [1.54, 1.807) is 6.92 Å². The Morgan fingerprint density at radius 1 is 1.24 bits per heavy atom. The molecule has 0 heterocycles. The van der Waals surface area contributed by atoms with Crippen molar-refractivity contribution in [3.63, 3.8) is 0 Å². The maximum atomic E-state index is 12.5. The quantitative estimate of drug-likeness (QED) is 0.729. The predicted molar refractivity (Wildman–Crippen MR) is 72.7 cm³/mol. The lowest BCUT2D eigenvalue weighted by atomic mass is 9.93. The van der Waals surface area contributed by atoms with Crippen molar-refractivity contribution in [3.8, 4) is 0 Å². The molecule has 1 fully saturated rings. The van der Waals surface area contributed by atoms with E-state index in [2.05, 4.69) is 0 Å². The van der Waals surface area contributed by atoms with Crippen molar-refractivity contribution in [2.45, 2.75) is 45.2 Å². The van der Waals surface area contributed by atoms with Crippen LogP contribution in [0.1, 0.15) is 43.7 Å². The van der Waals surface area contributed by atoms with Crippen molar-refractivity contribution in [1.29, 1.82) is 0 Å². The molecule has 5 heteroatoms. The molecule has 0 amide bonds. The van der Waals surface area contributed by atoms with E-state index < -0.39 is 11.7 Å². The molecule has 0 atom stereocenters. The number of aryl methyl sites for hydroxylation is 1. The Morgan fingerprint density at radius 3 is 2.33 bits per heavy atom. The van der Waals surface area contributed by atoms with Crippen molar-refractivity contribution in [1.82, 2.24) is 0 Å². The minimum absolute atomic E-state index is 0.00888. The smallest absolute Gasteiger partial charge is 0.416 e. The van der Waals surface area contributed by atoms with E-state index in [9.17, 15) is 18.0 Å². The van der Waals surface area contributed by atoms with Crippen LogP contribution in [-0.2, 0) is 22.1 Å². The first kappa shape index (κ1) is 15.9. The highest BCUT2D eigenvalue weighted by atomic mass is 19.4. The normalized spacial score (nSPS) is 16.6. The number of esters is 1. The molecule has 0 unspecified atom stereocenters. The number of carbonyl (C=O) groups is 1. The molecule has 1 aliphatic rings. The molecule has 2 nitrogen and oxygen atoms in total. The molecule has 1 aromatic rings. The van der Waals surface area contributed by atoms with Crippen LogP contribution in [0.5, 0.6) is 0 Å². The van der Waals surface area contributed by atoms with Crippen LogP contribution < -0.4 is 0 Å². The van der Waals surface area contributed by atoms with Crippen LogP contribution in [-0.4, -0.2) is 12.6 Å². The van der Waals surface area contributed by atoms with Crippen LogP contribution in [0.4, 0.5) is 13.2 Å². The van der Waals surface area contributed by atoms with Crippen molar-refractivity contribution in [2.75, 3.05) is 6.61 Å². The summed E-state index contributed by atoms with van der Waals surface area (Å²) in [5, 5.41) is 0. The van der Waals surface area contributed by atoms with Crippen molar-refractivity contribution in [3.05, 3.63) is 35.4 Å². The number of hydrogen-bond acceptors (Lipinski definition) is 2. The lowest BCUT2D eigenvalue weighted by Crippen LogP contribution is -2.13. The summed E-state index contributed by atoms with van der Waals surface area (Å²) in [6.45, 7) is 2.16. The van der Waals surface area contributed by atoms with E-state index in [1.807, 2.05) is 0 Å². The Hall–Kier alpha value is -1.52. The molecule has 1 aliphatic carbocycles. The lowest BCUT2D eigenvalue weighted by Gasteiger charge is -2.14. The Labute approximate surface area is 122 Å². The molecule has 1 aromatic carbocycles. The van der Waals surface area contributed by atoms with Gasteiger partial charge in [-0.1, -0.05) is 12.1 Å². The molecular weight excluding hydrogens is 281 g/mol. The highest BCUT2D eigenvalue weighted by Gasteiger charge is 2.44. The highest BCUT2D eigenvalue weighted by Crippen LogP contribution is 2.52. The van der Waals surface area contributed by atoms with Gasteiger partial charge >= 0.3 is 12.1 Å².